The summed E-state index contributed by atoms with van der Waals surface area (Å²) in [5.74, 6) is 1.56. The fourth-order valence-electron chi connectivity index (χ4n) is 5.43. The summed E-state index contributed by atoms with van der Waals surface area (Å²) in [5, 5.41) is 0.549. The predicted octanol–water partition coefficient (Wildman–Crippen LogP) is 4.92. The van der Waals surface area contributed by atoms with Gasteiger partial charge in [0.25, 0.3) is 0 Å². The molecule has 1 saturated carbocycles. The van der Waals surface area contributed by atoms with Crippen LogP contribution in [0.15, 0.2) is 47.5 Å². The van der Waals surface area contributed by atoms with Crippen LogP contribution in [0.3, 0.4) is 0 Å². The number of pyridine rings is 3. The van der Waals surface area contributed by atoms with E-state index in [1.54, 1.807) is 18.5 Å². The van der Waals surface area contributed by atoms with E-state index in [1.807, 2.05) is 18.2 Å². The van der Waals surface area contributed by atoms with Crippen molar-refractivity contribution in [3.63, 3.8) is 0 Å². The van der Waals surface area contributed by atoms with Crippen LogP contribution in [0.2, 0.25) is 5.02 Å². The molecular formula is C27H29ClN6O2. The lowest BCUT2D eigenvalue weighted by Crippen LogP contribution is -2.38. The highest BCUT2D eigenvalue weighted by Crippen LogP contribution is 2.36. The molecular weight excluding hydrogens is 476 g/mol. The number of hydrogen-bond acceptors (Lipinski definition) is 6. The summed E-state index contributed by atoms with van der Waals surface area (Å²) < 4.78 is 7.99. The maximum atomic E-state index is 12.1. The number of rotatable bonds is 5. The van der Waals surface area contributed by atoms with Crippen LogP contribution in [0, 0.1) is 5.92 Å². The van der Waals surface area contributed by atoms with E-state index in [9.17, 15) is 4.79 Å². The third kappa shape index (κ3) is 4.63. The lowest BCUT2D eigenvalue weighted by Gasteiger charge is -2.30. The maximum absolute atomic E-state index is 12.1. The topological polar surface area (TPSA) is 88.9 Å². The summed E-state index contributed by atoms with van der Waals surface area (Å²) in [6, 6.07) is 8.96. The van der Waals surface area contributed by atoms with Gasteiger partial charge in [-0.15, -0.1) is 0 Å². The third-order valence-electron chi connectivity index (χ3n) is 7.19. The molecule has 36 heavy (non-hydrogen) atoms. The van der Waals surface area contributed by atoms with Gasteiger partial charge in [0.05, 0.1) is 46.4 Å². The number of fused-ring (bicyclic) bond motifs is 1. The number of aromatic amines is 1. The van der Waals surface area contributed by atoms with Crippen molar-refractivity contribution in [2.45, 2.75) is 38.6 Å². The third-order valence-corrected chi connectivity index (χ3v) is 7.39. The first-order chi connectivity index (χ1) is 17.7. The average Bonchev–Trinajstić information content (AvgIpc) is 3.27. The van der Waals surface area contributed by atoms with Gasteiger partial charge in [-0.05, 0) is 37.0 Å². The Morgan fingerprint density at radius 2 is 1.89 bits per heavy atom. The highest BCUT2D eigenvalue weighted by molar-refractivity contribution is 6.30. The Kier molecular flexibility index (Phi) is 6.46. The molecule has 2 fully saturated rings. The summed E-state index contributed by atoms with van der Waals surface area (Å²) in [7, 11) is 0. The lowest BCUT2D eigenvalue weighted by atomic mass is 9.89. The van der Waals surface area contributed by atoms with Gasteiger partial charge in [0.2, 0.25) is 11.5 Å². The summed E-state index contributed by atoms with van der Waals surface area (Å²) in [5.41, 5.74) is 4.56. The molecule has 0 spiro atoms. The molecule has 0 radical (unpaired) electrons. The van der Waals surface area contributed by atoms with E-state index >= 15 is 0 Å². The van der Waals surface area contributed by atoms with Gasteiger partial charge in [-0.25, -0.2) is 9.97 Å². The van der Waals surface area contributed by atoms with Crippen LogP contribution in [0.5, 0.6) is 0 Å². The number of H-pyrrole nitrogens is 1. The standard InChI is InChI=1S/C27H29ClN6O2/c28-20-13-19(15-29-16-20)25-26-23(14-22(31-25)21-7-4-8-24(35)30-21)32-27(33-9-11-36-12-10-33)34(26)17-18-5-2-1-3-6-18/h4,7-8,13-16,18H,1-3,5-6,9-12,17H2,(H,30,35). The smallest absolute Gasteiger partial charge is 0.248 e. The highest BCUT2D eigenvalue weighted by atomic mass is 35.5. The van der Waals surface area contributed by atoms with Crippen LogP contribution in [0.1, 0.15) is 32.1 Å². The molecule has 5 heterocycles. The van der Waals surface area contributed by atoms with E-state index in [0.29, 0.717) is 35.5 Å². The first-order valence-electron chi connectivity index (χ1n) is 12.7. The number of morpholine rings is 1. The second-order valence-corrected chi connectivity index (χ2v) is 10.1. The first kappa shape index (κ1) is 23.2. The van der Waals surface area contributed by atoms with Crippen LogP contribution in [0.25, 0.3) is 33.7 Å². The van der Waals surface area contributed by atoms with Gasteiger partial charge in [-0.3, -0.25) is 9.78 Å². The van der Waals surface area contributed by atoms with Crippen LogP contribution < -0.4 is 10.5 Å². The largest absolute Gasteiger partial charge is 0.378 e. The van der Waals surface area contributed by atoms with E-state index in [1.165, 1.54) is 38.2 Å². The van der Waals surface area contributed by atoms with Crippen LogP contribution in [0.4, 0.5) is 5.95 Å². The molecule has 0 atom stereocenters. The summed E-state index contributed by atoms with van der Waals surface area (Å²) >= 11 is 6.36. The molecule has 0 unspecified atom stereocenters. The van der Waals surface area contributed by atoms with Crippen molar-refractivity contribution in [2.24, 2.45) is 5.92 Å². The molecule has 0 amide bonds. The summed E-state index contributed by atoms with van der Waals surface area (Å²) in [6.45, 7) is 3.87. The normalized spacial score (nSPS) is 17.1. The van der Waals surface area contributed by atoms with Crippen molar-refractivity contribution in [1.82, 2.24) is 24.5 Å². The molecule has 1 aliphatic carbocycles. The Bertz CT molecular complexity index is 1440. The fourth-order valence-corrected chi connectivity index (χ4v) is 5.60. The van der Waals surface area contributed by atoms with Crippen molar-refractivity contribution < 1.29 is 4.74 Å². The number of anilines is 1. The Labute approximate surface area is 214 Å². The molecule has 8 nitrogen and oxygen atoms in total. The van der Waals surface area contributed by atoms with Gasteiger partial charge in [0, 0.05) is 43.7 Å². The fraction of sp³-hybridized carbons (Fsp3) is 0.407. The molecule has 4 aromatic rings. The summed E-state index contributed by atoms with van der Waals surface area (Å²) in [6.07, 6.45) is 9.74. The van der Waals surface area contributed by atoms with E-state index in [2.05, 4.69) is 19.4 Å². The van der Waals surface area contributed by atoms with Crippen molar-refractivity contribution in [3.05, 3.63) is 58.1 Å². The summed E-state index contributed by atoms with van der Waals surface area (Å²) in [4.78, 5) is 31.9. The number of imidazole rings is 1. The van der Waals surface area contributed by atoms with Crippen LogP contribution in [-0.4, -0.2) is 50.8 Å². The second-order valence-electron chi connectivity index (χ2n) is 9.67. The van der Waals surface area contributed by atoms with Crippen LogP contribution >= 0.6 is 11.6 Å². The average molecular weight is 505 g/mol. The molecule has 0 aromatic carbocycles. The predicted molar refractivity (Wildman–Crippen MR) is 141 cm³/mol. The Hall–Kier alpha value is -3.23. The van der Waals surface area contributed by atoms with Gasteiger partial charge in [-0.1, -0.05) is 36.9 Å². The monoisotopic (exact) mass is 504 g/mol. The number of aromatic nitrogens is 5. The Morgan fingerprint density at radius 1 is 1.06 bits per heavy atom. The molecule has 4 aromatic heterocycles. The molecule has 1 saturated heterocycles. The second kappa shape index (κ2) is 10.0. The van der Waals surface area contributed by atoms with Gasteiger partial charge < -0.3 is 19.2 Å². The molecule has 0 bridgehead atoms. The van der Waals surface area contributed by atoms with Crippen molar-refractivity contribution in [2.75, 3.05) is 31.2 Å². The van der Waals surface area contributed by atoms with Gasteiger partial charge >= 0.3 is 0 Å². The van der Waals surface area contributed by atoms with Gasteiger partial charge in [0.15, 0.2) is 0 Å². The van der Waals surface area contributed by atoms with Crippen molar-refractivity contribution >= 4 is 28.6 Å². The number of halogens is 1. The molecule has 1 aliphatic heterocycles. The minimum atomic E-state index is -0.169. The minimum absolute atomic E-state index is 0.169. The number of hydrogen-bond donors (Lipinski definition) is 1. The maximum Gasteiger partial charge on any atom is 0.248 e. The number of nitrogens with one attached hydrogen (secondary N) is 1. The number of ether oxygens (including phenoxy) is 1. The van der Waals surface area contributed by atoms with E-state index in [4.69, 9.17) is 26.3 Å². The lowest BCUT2D eigenvalue weighted by molar-refractivity contribution is 0.121. The first-order valence-corrected chi connectivity index (χ1v) is 13.1. The van der Waals surface area contributed by atoms with Crippen molar-refractivity contribution in [3.8, 4) is 22.6 Å². The zero-order valence-electron chi connectivity index (χ0n) is 20.1. The van der Waals surface area contributed by atoms with Crippen molar-refractivity contribution in [1.29, 1.82) is 0 Å². The molecule has 186 valence electrons. The zero-order chi connectivity index (χ0) is 24.5. The Morgan fingerprint density at radius 3 is 2.67 bits per heavy atom. The molecule has 9 heteroatoms. The molecule has 1 N–H and O–H groups in total. The SMILES string of the molecule is O=c1cccc(-c2cc3nc(N4CCOCC4)n(CC4CCCCC4)c3c(-c3cncc(Cl)c3)n2)[nH]1. The van der Waals surface area contributed by atoms with E-state index in [-0.39, 0.29) is 5.56 Å². The number of nitrogens with zero attached hydrogens (tertiary/aromatic N) is 5. The van der Waals surface area contributed by atoms with Crippen LogP contribution in [-0.2, 0) is 11.3 Å². The zero-order valence-corrected chi connectivity index (χ0v) is 20.9. The van der Waals surface area contributed by atoms with Gasteiger partial charge in [0.1, 0.15) is 0 Å². The van der Waals surface area contributed by atoms with E-state index < -0.39 is 0 Å². The minimum Gasteiger partial charge on any atom is -0.378 e. The molecule has 6 rings (SSSR count). The Balaban J connectivity index is 1.59. The molecule has 2 aliphatic rings. The quantitative estimate of drug-likeness (QED) is 0.415. The van der Waals surface area contributed by atoms with Gasteiger partial charge in [-0.2, -0.15) is 0 Å². The van der Waals surface area contributed by atoms with E-state index in [0.717, 1.165) is 47.9 Å². The highest BCUT2D eigenvalue weighted by Gasteiger charge is 2.26.